The molecule has 6 rings (SSSR count). The molecule has 1 fully saturated rings. The van der Waals surface area contributed by atoms with Gasteiger partial charge in [-0.15, -0.1) is 11.8 Å². The summed E-state index contributed by atoms with van der Waals surface area (Å²) in [5.41, 5.74) is 1.62. The minimum atomic E-state index is -4.42. The number of amides is 1. The fraction of sp³-hybridized carbons (Fsp3) is 0.308. The van der Waals surface area contributed by atoms with Crippen LogP contribution in [0.1, 0.15) is 29.5 Å². The summed E-state index contributed by atoms with van der Waals surface area (Å²) in [6.45, 7) is 3.04. The lowest BCUT2D eigenvalue weighted by atomic mass is 10.00. The third-order valence-corrected chi connectivity index (χ3v) is 10.4. The Bertz CT molecular complexity index is 2060. The number of rotatable bonds is 12. The van der Waals surface area contributed by atoms with E-state index in [0.29, 0.717) is 28.2 Å². The molecule has 0 radical (unpaired) electrons. The number of carbonyl (C=O) groups is 1. The van der Waals surface area contributed by atoms with Crippen LogP contribution in [0.5, 0.6) is 0 Å². The molecular weight excluding hydrogens is 700 g/mol. The maximum Gasteiger partial charge on any atom is 0.416 e. The number of nitrogens with zero attached hydrogens (tertiary/aromatic N) is 4. The lowest BCUT2D eigenvalue weighted by molar-refractivity contribution is -0.137. The second-order valence-electron chi connectivity index (χ2n) is 12.7. The van der Waals surface area contributed by atoms with Crippen LogP contribution >= 0.6 is 11.8 Å². The molecule has 0 bridgehead atoms. The van der Waals surface area contributed by atoms with Crippen molar-refractivity contribution in [1.29, 1.82) is 0 Å². The van der Waals surface area contributed by atoms with Gasteiger partial charge in [-0.1, -0.05) is 48.5 Å². The van der Waals surface area contributed by atoms with Crippen LogP contribution in [-0.4, -0.2) is 64.7 Å². The minimum absolute atomic E-state index is 0.0183. The van der Waals surface area contributed by atoms with E-state index in [2.05, 4.69) is 9.88 Å². The highest BCUT2D eigenvalue weighted by atomic mass is 32.2. The number of thioether (sulfide) groups is 1. The van der Waals surface area contributed by atoms with E-state index in [0.717, 1.165) is 73.6 Å². The summed E-state index contributed by atoms with van der Waals surface area (Å²) in [7, 11) is 1.66. The number of halogens is 5. The standard InChI is InChI=1S/C39H37F5N4O3S/c1-51-21-20-46-18-15-31(16-19-46)47(23-26-7-9-27(10-8-26)28-11-13-30(14-12-28)39(42,43)44)35(50)24-48-36(22-34(49)32-5-3-17-45-38(32)48)52-25-29-4-2-6-33(40)37(29)41/h2-14,17,22,31H,15-16,18-21,23-25H2,1H3. The highest BCUT2D eigenvalue weighted by Crippen LogP contribution is 2.32. The number of methoxy groups -OCH3 is 1. The van der Waals surface area contributed by atoms with E-state index in [9.17, 15) is 31.5 Å². The molecule has 0 aliphatic carbocycles. The highest BCUT2D eigenvalue weighted by molar-refractivity contribution is 7.98. The first-order valence-corrected chi connectivity index (χ1v) is 17.8. The third kappa shape index (κ3) is 8.71. The molecule has 52 heavy (non-hydrogen) atoms. The predicted octanol–water partition coefficient (Wildman–Crippen LogP) is 7.79. The number of hydrogen-bond acceptors (Lipinski definition) is 6. The normalized spacial score (nSPS) is 14.2. The molecular formula is C39H37F5N4O3S. The van der Waals surface area contributed by atoms with Crippen LogP contribution in [0.2, 0.25) is 0 Å². The van der Waals surface area contributed by atoms with Gasteiger partial charge in [-0.05, 0) is 59.9 Å². The lowest BCUT2D eigenvalue weighted by Crippen LogP contribution is -2.48. The molecule has 1 amide bonds. The summed E-state index contributed by atoms with van der Waals surface area (Å²) in [6.07, 6.45) is -1.44. The van der Waals surface area contributed by atoms with Crippen molar-refractivity contribution < 1.29 is 31.5 Å². The zero-order chi connectivity index (χ0) is 36.8. The van der Waals surface area contributed by atoms with Gasteiger partial charge in [-0.2, -0.15) is 13.2 Å². The Labute approximate surface area is 302 Å². The van der Waals surface area contributed by atoms with Crippen LogP contribution in [0, 0.1) is 11.6 Å². The molecule has 0 spiro atoms. The van der Waals surface area contributed by atoms with E-state index in [-0.39, 0.29) is 41.8 Å². The van der Waals surface area contributed by atoms with Crippen molar-refractivity contribution in [3.8, 4) is 11.1 Å². The summed E-state index contributed by atoms with van der Waals surface area (Å²) < 4.78 is 74.7. The second kappa shape index (κ2) is 16.4. The Kier molecular flexibility index (Phi) is 11.7. The first kappa shape index (κ1) is 37.2. The smallest absolute Gasteiger partial charge is 0.383 e. The van der Waals surface area contributed by atoms with E-state index in [1.807, 2.05) is 29.2 Å². The first-order valence-electron chi connectivity index (χ1n) is 16.8. The molecule has 1 saturated heterocycles. The maximum absolute atomic E-state index is 14.6. The highest BCUT2D eigenvalue weighted by Gasteiger charge is 2.31. The van der Waals surface area contributed by atoms with Crippen molar-refractivity contribution in [2.45, 2.75) is 48.9 Å². The Hall–Kier alpha value is -4.59. The summed E-state index contributed by atoms with van der Waals surface area (Å²) >= 11 is 1.12. The number of piperidine rings is 1. The zero-order valence-corrected chi connectivity index (χ0v) is 29.2. The molecule has 0 N–H and O–H groups in total. The zero-order valence-electron chi connectivity index (χ0n) is 28.4. The van der Waals surface area contributed by atoms with E-state index in [4.69, 9.17) is 4.74 Å². The van der Waals surface area contributed by atoms with Gasteiger partial charge in [0.1, 0.15) is 12.2 Å². The number of alkyl halides is 3. The fourth-order valence-corrected chi connectivity index (χ4v) is 7.46. The molecule has 1 aliphatic rings. The van der Waals surface area contributed by atoms with E-state index in [1.54, 1.807) is 23.8 Å². The first-order chi connectivity index (χ1) is 25.0. The average Bonchev–Trinajstić information content (AvgIpc) is 3.15. The molecule has 2 aromatic heterocycles. The molecule has 5 aromatic rings. The minimum Gasteiger partial charge on any atom is -0.383 e. The number of likely N-dealkylation sites (tertiary alicyclic amines) is 1. The number of ether oxygens (including phenoxy) is 1. The second-order valence-corrected chi connectivity index (χ2v) is 13.7. The van der Waals surface area contributed by atoms with Crippen molar-refractivity contribution in [3.05, 3.63) is 130 Å². The molecule has 3 heterocycles. The van der Waals surface area contributed by atoms with Crippen LogP contribution in [0.4, 0.5) is 22.0 Å². The van der Waals surface area contributed by atoms with Crippen molar-refractivity contribution >= 4 is 28.7 Å². The topological polar surface area (TPSA) is 67.7 Å². The molecule has 1 aliphatic heterocycles. The van der Waals surface area contributed by atoms with Gasteiger partial charge in [0.05, 0.1) is 22.6 Å². The number of fused-ring (bicyclic) bond motifs is 1. The van der Waals surface area contributed by atoms with Crippen molar-refractivity contribution in [1.82, 2.24) is 19.4 Å². The van der Waals surface area contributed by atoms with Crippen LogP contribution in [0.15, 0.2) is 101 Å². The van der Waals surface area contributed by atoms with Gasteiger partial charge in [-0.25, -0.2) is 13.8 Å². The van der Waals surface area contributed by atoms with Crippen molar-refractivity contribution in [2.75, 3.05) is 33.4 Å². The quantitative estimate of drug-likeness (QED) is 0.0963. The summed E-state index contributed by atoms with van der Waals surface area (Å²) in [4.78, 5) is 36.2. The van der Waals surface area contributed by atoms with Gasteiger partial charge < -0.3 is 19.1 Å². The van der Waals surface area contributed by atoms with Crippen LogP contribution in [0.3, 0.4) is 0 Å². The van der Waals surface area contributed by atoms with Gasteiger partial charge in [0.15, 0.2) is 17.1 Å². The van der Waals surface area contributed by atoms with Crippen LogP contribution < -0.4 is 5.43 Å². The Morgan fingerprint density at radius 1 is 0.962 bits per heavy atom. The summed E-state index contributed by atoms with van der Waals surface area (Å²) in [5, 5.41) is 0.719. The van der Waals surface area contributed by atoms with Gasteiger partial charge in [0, 0.05) is 62.9 Å². The van der Waals surface area contributed by atoms with E-state index >= 15 is 0 Å². The molecule has 13 heteroatoms. The Morgan fingerprint density at radius 3 is 2.33 bits per heavy atom. The van der Waals surface area contributed by atoms with Gasteiger partial charge in [0.25, 0.3) is 0 Å². The molecule has 0 unspecified atom stereocenters. The fourth-order valence-electron chi connectivity index (χ4n) is 6.43. The van der Waals surface area contributed by atoms with Crippen molar-refractivity contribution in [2.24, 2.45) is 0 Å². The summed E-state index contributed by atoms with van der Waals surface area (Å²) in [6, 6.07) is 20.9. The van der Waals surface area contributed by atoms with Crippen LogP contribution in [-0.2, 0) is 34.6 Å². The van der Waals surface area contributed by atoms with Gasteiger partial charge in [-0.3, -0.25) is 9.59 Å². The largest absolute Gasteiger partial charge is 0.416 e. The lowest BCUT2D eigenvalue weighted by Gasteiger charge is -2.39. The van der Waals surface area contributed by atoms with E-state index < -0.39 is 23.4 Å². The molecule has 3 aromatic carbocycles. The molecule has 272 valence electrons. The molecule has 7 nitrogen and oxygen atoms in total. The Morgan fingerprint density at radius 2 is 1.65 bits per heavy atom. The molecule has 0 atom stereocenters. The van der Waals surface area contributed by atoms with E-state index in [1.165, 1.54) is 36.5 Å². The number of benzene rings is 3. The van der Waals surface area contributed by atoms with Crippen molar-refractivity contribution in [3.63, 3.8) is 0 Å². The maximum atomic E-state index is 14.6. The predicted molar refractivity (Wildman–Crippen MR) is 191 cm³/mol. The number of hydrogen-bond donors (Lipinski definition) is 0. The number of pyridine rings is 2. The number of aromatic nitrogens is 2. The molecule has 0 saturated carbocycles. The summed E-state index contributed by atoms with van der Waals surface area (Å²) in [5.74, 6) is -2.13. The monoisotopic (exact) mass is 736 g/mol. The van der Waals surface area contributed by atoms with Gasteiger partial charge >= 0.3 is 6.18 Å². The van der Waals surface area contributed by atoms with Gasteiger partial charge in [0.2, 0.25) is 5.91 Å². The third-order valence-electron chi connectivity index (χ3n) is 9.31. The number of carbonyl (C=O) groups excluding carboxylic acids is 1. The average molecular weight is 737 g/mol. The Balaban J connectivity index is 1.28. The van der Waals surface area contributed by atoms with Crippen LogP contribution in [0.25, 0.3) is 22.2 Å². The SMILES string of the molecule is COCCN1CCC(N(Cc2ccc(-c3ccc(C(F)(F)F)cc3)cc2)C(=O)Cn2c(SCc3cccc(F)c3F)cc(=O)c3cccnc32)CC1.